The first-order valence-corrected chi connectivity index (χ1v) is 9.01. The molecule has 0 atom stereocenters. The molecule has 27 heavy (non-hydrogen) atoms. The van der Waals surface area contributed by atoms with E-state index in [0.29, 0.717) is 10.7 Å². The molecule has 1 aromatic heterocycles. The summed E-state index contributed by atoms with van der Waals surface area (Å²) in [6.45, 7) is -0.466. The monoisotopic (exact) mass is 404 g/mol. The number of para-hydroxylation sites is 2. The summed E-state index contributed by atoms with van der Waals surface area (Å²) in [5.41, 5.74) is 1.17. The Hall–Kier alpha value is -2.97. The second kappa shape index (κ2) is 8.61. The Balaban J connectivity index is 1.55. The summed E-state index contributed by atoms with van der Waals surface area (Å²) in [6, 6.07) is 13.1. The molecule has 0 aliphatic rings. The average Bonchev–Trinajstić information content (AvgIpc) is 3.14. The number of nitrogens with zero attached hydrogens (tertiary/aromatic N) is 2. The van der Waals surface area contributed by atoms with Crippen LogP contribution in [-0.4, -0.2) is 22.5 Å². The molecule has 0 amide bonds. The van der Waals surface area contributed by atoms with Crippen LogP contribution in [0.2, 0.25) is 5.02 Å². The topological polar surface area (TPSA) is 91.6 Å². The maximum absolute atomic E-state index is 11.8. The molecule has 3 aromatic rings. The van der Waals surface area contributed by atoms with Crippen molar-refractivity contribution >= 4 is 34.6 Å². The fraction of sp³-hybridized carbons (Fsp3) is 0.111. The molecule has 0 aliphatic carbocycles. The third kappa shape index (κ3) is 4.81. The molecule has 7 nitrogen and oxygen atoms in total. The highest BCUT2D eigenvalue weighted by Crippen LogP contribution is 2.30. The van der Waals surface area contributed by atoms with Gasteiger partial charge in [0.2, 0.25) is 0 Å². The second-order valence-corrected chi connectivity index (χ2v) is 6.56. The van der Waals surface area contributed by atoms with Crippen molar-refractivity contribution in [2.75, 3.05) is 6.61 Å². The predicted molar refractivity (Wildman–Crippen MR) is 101 cm³/mol. The third-order valence-electron chi connectivity index (χ3n) is 3.44. The van der Waals surface area contributed by atoms with Crippen molar-refractivity contribution in [3.05, 3.63) is 74.7 Å². The number of hydrogen-bond acceptors (Lipinski definition) is 7. The fourth-order valence-electron chi connectivity index (χ4n) is 2.19. The van der Waals surface area contributed by atoms with Crippen LogP contribution in [0.25, 0.3) is 10.6 Å². The van der Waals surface area contributed by atoms with E-state index < -0.39 is 17.5 Å². The molecular formula is C18H13ClN2O5S. The third-order valence-corrected chi connectivity index (χ3v) is 4.70. The first kappa shape index (κ1) is 18.8. The Kier molecular flexibility index (Phi) is 6.00. The summed E-state index contributed by atoms with van der Waals surface area (Å²) in [4.78, 5) is 26.6. The standard InChI is InChI=1S/C18H13ClN2O5S/c19-14-6-2-1-5-13(14)18-20-12(11-27-18)9-26-17(22)10-25-16-8-4-3-7-15(16)21(23)24/h1-8,11H,9-10H2. The Morgan fingerprint density at radius 1 is 1.19 bits per heavy atom. The van der Waals surface area contributed by atoms with Gasteiger partial charge in [-0.3, -0.25) is 10.1 Å². The largest absolute Gasteiger partial charge is 0.475 e. The van der Waals surface area contributed by atoms with Crippen LogP contribution >= 0.6 is 22.9 Å². The van der Waals surface area contributed by atoms with Gasteiger partial charge in [0.05, 0.1) is 15.6 Å². The molecule has 0 spiro atoms. The molecule has 1 heterocycles. The number of carbonyl (C=O) groups excluding carboxylic acids is 1. The van der Waals surface area contributed by atoms with Gasteiger partial charge in [-0.1, -0.05) is 41.9 Å². The number of rotatable bonds is 7. The Morgan fingerprint density at radius 2 is 1.93 bits per heavy atom. The molecule has 0 bridgehead atoms. The molecular weight excluding hydrogens is 392 g/mol. The minimum atomic E-state index is -0.652. The van der Waals surface area contributed by atoms with E-state index in [-0.39, 0.29) is 18.0 Å². The molecule has 0 saturated heterocycles. The smallest absolute Gasteiger partial charge is 0.344 e. The highest BCUT2D eigenvalue weighted by atomic mass is 35.5. The maximum Gasteiger partial charge on any atom is 0.344 e. The zero-order valence-corrected chi connectivity index (χ0v) is 15.4. The van der Waals surface area contributed by atoms with E-state index in [0.717, 1.165) is 10.6 Å². The molecule has 138 valence electrons. The number of halogens is 1. The lowest BCUT2D eigenvalue weighted by Crippen LogP contribution is -2.15. The molecule has 3 rings (SSSR count). The van der Waals surface area contributed by atoms with Crippen molar-refractivity contribution < 1.29 is 19.2 Å². The Morgan fingerprint density at radius 3 is 2.70 bits per heavy atom. The van der Waals surface area contributed by atoms with Gasteiger partial charge in [0.1, 0.15) is 11.6 Å². The highest BCUT2D eigenvalue weighted by molar-refractivity contribution is 7.13. The van der Waals surface area contributed by atoms with E-state index >= 15 is 0 Å². The lowest BCUT2D eigenvalue weighted by Gasteiger charge is -2.06. The van der Waals surface area contributed by atoms with E-state index in [1.807, 2.05) is 18.2 Å². The van der Waals surface area contributed by atoms with Crippen LogP contribution < -0.4 is 4.74 Å². The molecule has 9 heteroatoms. The molecule has 2 aromatic carbocycles. The Bertz CT molecular complexity index is 976. The van der Waals surface area contributed by atoms with Gasteiger partial charge in [-0.25, -0.2) is 9.78 Å². The van der Waals surface area contributed by atoms with Crippen molar-refractivity contribution in [1.29, 1.82) is 0 Å². The van der Waals surface area contributed by atoms with Gasteiger partial charge in [0.25, 0.3) is 0 Å². The van der Waals surface area contributed by atoms with E-state index in [9.17, 15) is 14.9 Å². The summed E-state index contributed by atoms with van der Waals surface area (Å²) in [6.07, 6.45) is 0. The minimum Gasteiger partial charge on any atom is -0.475 e. The summed E-state index contributed by atoms with van der Waals surface area (Å²) in [5.74, 6) is -0.644. The number of ether oxygens (including phenoxy) is 2. The molecule has 0 fully saturated rings. The van der Waals surface area contributed by atoms with Gasteiger partial charge < -0.3 is 9.47 Å². The van der Waals surface area contributed by atoms with Crippen molar-refractivity contribution in [3.8, 4) is 16.3 Å². The first-order valence-electron chi connectivity index (χ1n) is 7.75. The van der Waals surface area contributed by atoms with E-state index in [1.165, 1.54) is 29.5 Å². The van der Waals surface area contributed by atoms with Crippen LogP contribution in [0, 0.1) is 10.1 Å². The fourth-order valence-corrected chi connectivity index (χ4v) is 3.32. The first-order chi connectivity index (χ1) is 13.0. The number of hydrogen-bond donors (Lipinski definition) is 0. The predicted octanol–water partition coefficient (Wildman–Crippen LogP) is 4.49. The van der Waals surface area contributed by atoms with E-state index in [2.05, 4.69) is 4.98 Å². The number of thiazole rings is 1. The zero-order chi connectivity index (χ0) is 19.2. The van der Waals surface area contributed by atoms with E-state index in [1.54, 1.807) is 17.5 Å². The van der Waals surface area contributed by atoms with Crippen LogP contribution in [0.1, 0.15) is 5.69 Å². The normalized spacial score (nSPS) is 10.4. The zero-order valence-electron chi connectivity index (χ0n) is 13.8. The van der Waals surface area contributed by atoms with Gasteiger partial charge in [-0.15, -0.1) is 11.3 Å². The van der Waals surface area contributed by atoms with Crippen LogP contribution in [0.4, 0.5) is 5.69 Å². The van der Waals surface area contributed by atoms with Gasteiger partial charge >= 0.3 is 11.7 Å². The van der Waals surface area contributed by atoms with Crippen LogP contribution in [-0.2, 0) is 16.1 Å². The molecule has 0 radical (unpaired) electrons. The average molecular weight is 405 g/mol. The molecule has 0 unspecified atom stereocenters. The van der Waals surface area contributed by atoms with Crippen molar-refractivity contribution in [1.82, 2.24) is 4.98 Å². The van der Waals surface area contributed by atoms with Crippen molar-refractivity contribution in [2.45, 2.75) is 6.61 Å². The highest BCUT2D eigenvalue weighted by Gasteiger charge is 2.16. The van der Waals surface area contributed by atoms with Crippen LogP contribution in [0.3, 0.4) is 0 Å². The molecule has 0 N–H and O–H groups in total. The SMILES string of the molecule is O=C(COc1ccccc1[N+](=O)[O-])OCc1csc(-c2ccccc2Cl)n1. The lowest BCUT2D eigenvalue weighted by atomic mass is 10.2. The molecule has 0 aliphatic heterocycles. The molecule has 0 saturated carbocycles. The van der Waals surface area contributed by atoms with E-state index in [4.69, 9.17) is 21.1 Å². The van der Waals surface area contributed by atoms with Gasteiger partial charge in [0, 0.05) is 17.0 Å². The number of benzene rings is 2. The lowest BCUT2D eigenvalue weighted by molar-refractivity contribution is -0.385. The minimum absolute atomic E-state index is 0.00844. The van der Waals surface area contributed by atoms with Crippen molar-refractivity contribution in [3.63, 3.8) is 0 Å². The summed E-state index contributed by atoms with van der Waals surface area (Å²) in [5, 5.41) is 14.0. The quantitative estimate of drug-likeness (QED) is 0.327. The van der Waals surface area contributed by atoms with Crippen molar-refractivity contribution in [2.24, 2.45) is 0 Å². The summed E-state index contributed by atoms with van der Waals surface area (Å²) >= 11 is 7.54. The number of esters is 1. The van der Waals surface area contributed by atoms with Gasteiger partial charge in [0.15, 0.2) is 12.4 Å². The van der Waals surface area contributed by atoms with Gasteiger partial charge in [-0.05, 0) is 12.1 Å². The van der Waals surface area contributed by atoms with Crippen LogP contribution in [0.15, 0.2) is 53.9 Å². The van der Waals surface area contributed by atoms with Gasteiger partial charge in [-0.2, -0.15) is 0 Å². The number of nitro benzene ring substituents is 1. The number of nitro groups is 1. The maximum atomic E-state index is 11.8. The number of aromatic nitrogens is 1. The summed E-state index contributed by atoms with van der Waals surface area (Å²) in [7, 11) is 0. The van der Waals surface area contributed by atoms with Crippen LogP contribution in [0.5, 0.6) is 5.75 Å². The summed E-state index contributed by atoms with van der Waals surface area (Å²) < 4.78 is 10.3. The Labute approximate surface area is 163 Å². The second-order valence-electron chi connectivity index (χ2n) is 5.30. The number of carbonyl (C=O) groups is 1.